The van der Waals surface area contributed by atoms with Gasteiger partial charge < -0.3 is 14.9 Å². The normalized spacial score (nSPS) is 18.0. The van der Waals surface area contributed by atoms with E-state index in [-0.39, 0.29) is 6.04 Å². The molecule has 2 heterocycles. The molecule has 1 unspecified atom stereocenters. The molecule has 0 saturated carbocycles. The zero-order valence-corrected chi connectivity index (χ0v) is 36.2. The second-order valence-electron chi connectivity index (χ2n) is 14.9. The van der Waals surface area contributed by atoms with E-state index < -0.39 is 0 Å². The number of nitrogens with two attached hydrogens (primary N) is 1. The summed E-state index contributed by atoms with van der Waals surface area (Å²) in [7, 11) is 0. The van der Waals surface area contributed by atoms with Crippen LogP contribution in [0.1, 0.15) is 68.8 Å². The number of para-hydroxylation sites is 2. The van der Waals surface area contributed by atoms with Crippen molar-refractivity contribution in [3.05, 3.63) is 229 Å². The van der Waals surface area contributed by atoms with Crippen LogP contribution < -0.4 is 10.5 Å². The highest BCUT2D eigenvalue weighted by molar-refractivity contribution is 6.10. The molecule has 0 saturated heterocycles. The van der Waals surface area contributed by atoms with Gasteiger partial charge in [0.1, 0.15) is 23.0 Å². The van der Waals surface area contributed by atoms with Crippen molar-refractivity contribution in [2.75, 3.05) is 0 Å². The summed E-state index contributed by atoms with van der Waals surface area (Å²) in [6, 6.07) is 39.7. The van der Waals surface area contributed by atoms with Crippen molar-refractivity contribution in [3.8, 4) is 16.9 Å². The molecule has 2 aliphatic rings. The van der Waals surface area contributed by atoms with Crippen LogP contribution >= 0.6 is 0 Å². The fourth-order valence-corrected chi connectivity index (χ4v) is 7.77. The van der Waals surface area contributed by atoms with E-state index in [0.717, 1.165) is 85.2 Å². The molecule has 0 spiro atoms. The van der Waals surface area contributed by atoms with E-state index in [1.165, 1.54) is 5.56 Å². The Morgan fingerprint density at radius 1 is 0.820 bits per heavy atom. The summed E-state index contributed by atoms with van der Waals surface area (Å²) in [5, 5.41) is 2.25. The quantitative estimate of drug-likeness (QED) is 0.0852. The van der Waals surface area contributed by atoms with Crippen molar-refractivity contribution >= 4 is 33.2 Å². The highest BCUT2D eigenvalue weighted by atomic mass is 16.5. The first kappa shape index (κ1) is 43.7. The molecular weight excluding hydrogens is 745 g/mol. The topological polar surface area (TPSA) is 60.8 Å². The van der Waals surface area contributed by atoms with E-state index in [1.807, 2.05) is 74.5 Å². The lowest BCUT2D eigenvalue weighted by Gasteiger charge is -2.18. The number of furan rings is 1. The fourth-order valence-electron chi connectivity index (χ4n) is 7.77. The van der Waals surface area contributed by atoms with Gasteiger partial charge in [-0.05, 0) is 128 Å². The zero-order valence-electron chi connectivity index (χ0n) is 36.2. The summed E-state index contributed by atoms with van der Waals surface area (Å²) in [5.41, 5.74) is 17.5. The van der Waals surface area contributed by atoms with Crippen LogP contribution in [0.5, 0.6) is 5.75 Å². The van der Waals surface area contributed by atoms with Gasteiger partial charge in [-0.3, -0.25) is 4.99 Å². The maximum Gasteiger partial charge on any atom is 0.135 e. The molecular formula is C57H58N2O2. The first-order valence-electron chi connectivity index (χ1n) is 21.4. The number of hydrogen-bond donors (Lipinski definition) is 1. The molecule has 1 aliphatic carbocycles. The molecule has 6 aromatic rings. The summed E-state index contributed by atoms with van der Waals surface area (Å²) in [6.45, 7) is 14.3. The van der Waals surface area contributed by atoms with Gasteiger partial charge in [-0.25, -0.2) is 0 Å². The third-order valence-corrected chi connectivity index (χ3v) is 10.8. The lowest BCUT2D eigenvalue weighted by Crippen LogP contribution is -2.08. The number of nitrogens with zero attached hydrogens (tertiary/aromatic N) is 1. The first-order chi connectivity index (χ1) is 29.9. The minimum Gasteiger partial charge on any atom is -0.464 e. The molecule has 4 heteroatoms. The van der Waals surface area contributed by atoms with E-state index in [1.54, 1.807) is 12.5 Å². The maximum atomic E-state index is 6.11. The average molecular weight is 803 g/mol. The Morgan fingerprint density at radius 3 is 2.39 bits per heavy atom. The van der Waals surface area contributed by atoms with Gasteiger partial charge in [0.25, 0.3) is 0 Å². The third-order valence-electron chi connectivity index (χ3n) is 10.8. The molecule has 308 valence electrons. The van der Waals surface area contributed by atoms with Gasteiger partial charge in [-0.1, -0.05) is 166 Å². The maximum absolute atomic E-state index is 6.11. The van der Waals surface area contributed by atoms with Crippen molar-refractivity contribution in [2.45, 2.75) is 53.5 Å². The number of fused-ring (bicyclic) bond motifs is 4. The number of aliphatic imine (C=N–C) groups is 1. The minimum absolute atomic E-state index is 0.219. The molecule has 5 aromatic carbocycles. The van der Waals surface area contributed by atoms with E-state index in [4.69, 9.17) is 19.9 Å². The average Bonchev–Trinajstić information content (AvgIpc) is 3.91. The number of ether oxygens (including phenoxy) is 1. The monoisotopic (exact) mass is 802 g/mol. The molecule has 8 rings (SSSR count). The summed E-state index contributed by atoms with van der Waals surface area (Å²) in [6.07, 6.45) is 28.8. The molecule has 4 nitrogen and oxygen atoms in total. The highest BCUT2D eigenvalue weighted by Crippen LogP contribution is 2.36. The van der Waals surface area contributed by atoms with Crippen LogP contribution in [0.4, 0.5) is 0 Å². The van der Waals surface area contributed by atoms with Crippen molar-refractivity contribution in [1.82, 2.24) is 0 Å². The zero-order chi connectivity index (χ0) is 43.0. The second kappa shape index (κ2) is 21.9. The Morgan fingerprint density at radius 2 is 1.59 bits per heavy atom. The van der Waals surface area contributed by atoms with Gasteiger partial charge in [0.05, 0.1) is 12.0 Å². The molecule has 3 atom stereocenters. The van der Waals surface area contributed by atoms with Gasteiger partial charge in [-0.15, -0.1) is 0 Å². The molecule has 0 radical (unpaired) electrons. The third kappa shape index (κ3) is 11.0. The van der Waals surface area contributed by atoms with E-state index in [2.05, 4.69) is 149 Å². The molecule has 0 bridgehead atoms. The van der Waals surface area contributed by atoms with E-state index in [9.17, 15) is 0 Å². The van der Waals surface area contributed by atoms with Crippen LogP contribution in [-0.4, -0.2) is 5.71 Å². The predicted octanol–water partition coefficient (Wildman–Crippen LogP) is 15.4. The number of aryl methyl sites for hydroxylation is 1. The first-order valence-corrected chi connectivity index (χ1v) is 21.4. The van der Waals surface area contributed by atoms with Gasteiger partial charge in [0, 0.05) is 16.3 Å². The Hall–Kier alpha value is -6.91. The number of rotatable bonds is 10. The lowest BCUT2D eigenvalue weighted by atomic mass is 9.91. The van der Waals surface area contributed by atoms with Crippen molar-refractivity contribution < 1.29 is 9.15 Å². The van der Waals surface area contributed by atoms with Crippen LogP contribution in [0.15, 0.2) is 216 Å². The number of benzene rings is 5. The summed E-state index contributed by atoms with van der Waals surface area (Å²) >= 11 is 0. The minimum atomic E-state index is -0.219. The largest absolute Gasteiger partial charge is 0.464 e. The predicted molar refractivity (Wildman–Crippen MR) is 262 cm³/mol. The van der Waals surface area contributed by atoms with Crippen molar-refractivity contribution in [2.24, 2.45) is 22.6 Å². The van der Waals surface area contributed by atoms with Crippen LogP contribution in [0.2, 0.25) is 0 Å². The number of hydrogen-bond acceptors (Lipinski definition) is 4. The smallest absolute Gasteiger partial charge is 0.135 e. The van der Waals surface area contributed by atoms with Crippen molar-refractivity contribution in [3.63, 3.8) is 0 Å². The summed E-state index contributed by atoms with van der Waals surface area (Å²) in [4.78, 5) is 5.44. The number of allylic oxidation sites excluding steroid dienone is 13. The van der Waals surface area contributed by atoms with E-state index >= 15 is 0 Å². The Balaban J connectivity index is 0.000000350. The van der Waals surface area contributed by atoms with Crippen LogP contribution in [-0.2, 0) is 0 Å². The van der Waals surface area contributed by atoms with Gasteiger partial charge in [0.15, 0.2) is 0 Å². The van der Waals surface area contributed by atoms with Crippen LogP contribution in [0.25, 0.3) is 38.6 Å². The summed E-state index contributed by atoms with van der Waals surface area (Å²) < 4.78 is 11.5. The van der Waals surface area contributed by atoms with Crippen LogP contribution in [0, 0.1) is 18.8 Å². The van der Waals surface area contributed by atoms with E-state index in [0.29, 0.717) is 11.8 Å². The molecule has 0 amide bonds. The Bertz CT molecular complexity index is 2660. The molecule has 61 heavy (non-hydrogen) atoms. The SMILES string of the molecule is C/C=C\C[C@@H]1C=CC[C@H]1/C=C/C(=C\C)C(/C=C\N)=NC(c1ccccc1)c1cc(C)cc(-c2ccc3oc4ccccc4c3c2)c1.C=C1/C=C\C=C/Oc2ccccc21.CC. The second-order valence-corrected chi connectivity index (χ2v) is 14.9. The summed E-state index contributed by atoms with van der Waals surface area (Å²) in [5.74, 6) is 1.86. The lowest BCUT2D eigenvalue weighted by molar-refractivity contribution is 0.479. The molecule has 2 N–H and O–H groups in total. The van der Waals surface area contributed by atoms with Crippen molar-refractivity contribution in [1.29, 1.82) is 0 Å². The molecule has 1 aliphatic heterocycles. The van der Waals surface area contributed by atoms with Gasteiger partial charge in [0.2, 0.25) is 0 Å². The molecule has 1 aromatic heterocycles. The Kier molecular flexibility index (Phi) is 15.7. The Labute approximate surface area is 362 Å². The van der Waals surface area contributed by atoms with Gasteiger partial charge >= 0.3 is 0 Å². The van der Waals surface area contributed by atoms with Gasteiger partial charge in [-0.2, -0.15) is 0 Å². The molecule has 0 fully saturated rings. The van der Waals surface area contributed by atoms with Crippen LogP contribution in [0.3, 0.4) is 0 Å². The fraction of sp³-hybridized carbons (Fsp3) is 0.175. The standard InChI is InChI=1S/C43H42N2O.C12H10O.C2H6/c1-4-6-13-32-16-12-17-33(32)21-20-31(5-2)40(24-25-44)45-43(34-14-8-7-9-15-34)37-27-30(3)26-36(28-37)35-22-23-42-39(29-35)38-18-10-11-19-41(38)46-42;1-10-6-4-5-9-13-12-8-3-2-7-11(10)12;1-2/h4-12,14-16,18-29,32-33,43H,13,17,44H2,1-3H3;2-9H,1H2;1-2H3/b6-4-,21-20+,25-24-,31-5+,45-40?;6-4-,9-5-;/t32-,33+,43?;;/m1../s1. The highest BCUT2D eigenvalue weighted by Gasteiger charge is 2.20.